The molecule has 0 amide bonds. The minimum Gasteiger partial charge on any atom is -0.391 e. The summed E-state index contributed by atoms with van der Waals surface area (Å²) in [4.78, 5) is 0. The quantitative estimate of drug-likeness (QED) is 0.796. The van der Waals surface area contributed by atoms with E-state index in [0.29, 0.717) is 0 Å². The number of nitrogens with two attached hydrogens (primary N) is 1. The highest BCUT2D eigenvalue weighted by Crippen LogP contribution is 2.37. The zero-order valence-corrected chi connectivity index (χ0v) is 8.62. The van der Waals surface area contributed by atoms with Crippen molar-refractivity contribution in [3.63, 3.8) is 0 Å². The molecular weight excluding hydrogens is 216 g/mol. The molecule has 1 fully saturated rings. The molecule has 1 heterocycles. The molecule has 3 nitrogen and oxygen atoms in total. The molecule has 0 bridgehead atoms. The molecule has 5 heteroatoms. The van der Waals surface area contributed by atoms with Gasteiger partial charge < -0.3 is 15.6 Å². The molecule has 1 aliphatic rings. The Kier molecular flexibility index (Phi) is 2.92. The van der Waals surface area contributed by atoms with Crippen molar-refractivity contribution in [3.05, 3.63) is 35.4 Å². The fourth-order valence-electron chi connectivity index (χ4n) is 1.97. The first-order valence-electron chi connectivity index (χ1n) is 5.01. The topological polar surface area (TPSA) is 55.5 Å². The minimum atomic E-state index is -0.888. The summed E-state index contributed by atoms with van der Waals surface area (Å²) in [6, 6.07) is 3.31. The molecule has 1 aromatic carbocycles. The van der Waals surface area contributed by atoms with E-state index in [0.717, 1.165) is 6.07 Å². The van der Waals surface area contributed by atoms with Crippen LogP contribution in [0.15, 0.2) is 18.2 Å². The van der Waals surface area contributed by atoms with E-state index in [2.05, 4.69) is 0 Å². The lowest BCUT2D eigenvalue weighted by Gasteiger charge is -2.45. The molecule has 1 atom stereocenters. The highest BCUT2D eigenvalue weighted by atomic mass is 19.1. The predicted molar refractivity (Wildman–Crippen MR) is 53.9 cm³/mol. The van der Waals surface area contributed by atoms with Gasteiger partial charge in [-0.25, -0.2) is 8.78 Å². The molecular formula is C11H13F2NO2. The Labute approximate surface area is 91.8 Å². The van der Waals surface area contributed by atoms with Crippen LogP contribution in [0, 0.1) is 11.6 Å². The van der Waals surface area contributed by atoms with Gasteiger partial charge in [0.15, 0.2) is 0 Å². The number of aliphatic hydroxyl groups excluding tert-OH is 1. The van der Waals surface area contributed by atoms with Gasteiger partial charge in [-0.2, -0.15) is 0 Å². The van der Waals surface area contributed by atoms with E-state index in [1.807, 2.05) is 0 Å². The first-order chi connectivity index (χ1) is 7.60. The highest BCUT2D eigenvalue weighted by molar-refractivity contribution is 5.32. The van der Waals surface area contributed by atoms with Crippen LogP contribution in [-0.4, -0.2) is 31.0 Å². The largest absolute Gasteiger partial charge is 0.391 e. The zero-order valence-electron chi connectivity index (χ0n) is 8.62. The number of benzene rings is 1. The molecule has 0 aliphatic carbocycles. The average molecular weight is 229 g/mol. The van der Waals surface area contributed by atoms with Crippen LogP contribution in [0.1, 0.15) is 5.56 Å². The van der Waals surface area contributed by atoms with Crippen molar-refractivity contribution >= 4 is 0 Å². The zero-order chi connectivity index (χ0) is 11.8. The predicted octanol–water partition coefficient (Wildman–Crippen LogP) is 0.552. The third-order valence-corrected chi connectivity index (χ3v) is 3.05. The fourth-order valence-corrected chi connectivity index (χ4v) is 1.97. The van der Waals surface area contributed by atoms with Gasteiger partial charge in [-0.15, -0.1) is 0 Å². The summed E-state index contributed by atoms with van der Waals surface area (Å²) in [5.74, 6) is -1.31. The molecule has 0 aromatic heterocycles. The normalized spacial score (nSPS) is 20.2. The van der Waals surface area contributed by atoms with Crippen LogP contribution in [0.25, 0.3) is 0 Å². The Morgan fingerprint density at radius 2 is 2.12 bits per heavy atom. The van der Waals surface area contributed by atoms with Gasteiger partial charge in [0.05, 0.1) is 24.7 Å². The lowest BCUT2D eigenvalue weighted by molar-refractivity contribution is -0.118. The van der Waals surface area contributed by atoms with E-state index < -0.39 is 23.2 Å². The Morgan fingerprint density at radius 3 is 2.56 bits per heavy atom. The maximum absolute atomic E-state index is 13.6. The Balaban J connectivity index is 2.40. The first-order valence-corrected chi connectivity index (χ1v) is 5.01. The molecule has 1 unspecified atom stereocenters. The summed E-state index contributed by atoms with van der Waals surface area (Å²) in [5, 5.41) is 9.81. The molecule has 0 radical (unpaired) electrons. The summed E-state index contributed by atoms with van der Waals surface area (Å²) in [6.45, 7) is 0.419. The molecule has 0 saturated carbocycles. The molecule has 16 heavy (non-hydrogen) atoms. The van der Waals surface area contributed by atoms with E-state index >= 15 is 0 Å². The summed E-state index contributed by atoms with van der Waals surface area (Å²) in [7, 11) is 0. The highest BCUT2D eigenvalue weighted by Gasteiger charge is 2.47. The Bertz CT molecular complexity index is 394. The standard InChI is InChI=1S/C11H13F2NO2/c12-7-1-2-8(9(13)3-7)11(5-16-6-11)10(15)4-14/h1-3,10,15H,4-6,14H2. The van der Waals surface area contributed by atoms with Crippen LogP contribution < -0.4 is 5.73 Å². The van der Waals surface area contributed by atoms with Crippen LogP contribution in [0.4, 0.5) is 8.78 Å². The average Bonchev–Trinajstić information content (AvgIpc) is 2.19. The van der Waals surface area contributed by atoms with E-state index in [1.165, 1.54) is 12.1 Å². The molecule has 0 spiro atoms. The molecule has 1 saturated heterocycles. The number of rotatable bonds is 3. The van der Waals surface area contributed by atoms with Gasteiger partial charge >= 0.3 is 0 Å². The van der Waals surface area contributed by atoms with Gasteiger partial charge in [-0.3, -0.25) is 0 Å². The molecule has 1 aromatic rings. The van der Waals surface area contributed by atoms with E-state index in [1.54, 1.807) is 0 Å². The van der Waals surface area contributed by atoms with E-state index in [9.17, 15) is 13.9 Å². The van der Waals surface area contributed by atoms with Gasteiger partial charge in [0.1, 0.15) is 11.6 Å². The Morgan fingerprint density at radius 1 is 1.44 bits per heavy atom. The second-order valence-corrected chi connectivity index (χ2v) is 4.02. The summed E-state index contributed by atoms with van der Waals surface area (Å²) in [5.41, 5.74) is 4.82. The third-order valence-electron chi connectivity index (χ3n) is 3.05. The van der Waals surface area contributed by atoms with Crippen LogP contribution >= 0.6 is 0 Å². The van der Waals surface area contributed by atoms with Gasteiger partial charge in [-0.05, 0) is 6.07 Å². The van der Waals surface area contributed by atoms with Crippen LogP contribution in [0.2, 0.25) is 0 Å². The van der Waals surface area contributed by atoms with Crippen molar-refractivity contribution in [2.45, 2.75) is 11.5 Å². The SMILES string of the molecule is NCC(O)C1(c2ccc(F)cc2F)COC1. The fraction of sp³-hybridized carbons (Fsp3) is 0.455. The van der Waals surface area contributed by atoms with Gasteiger partial charge in [0, 0.05) is 18.2 Å². The monoisotopic (exact) mass is 229 g/mol. The van der Waals surface area contributed by atoms with Gasteiger partial charge in [-0.1, -0.05) is 6.07 Å². The minimum absolute atomic E-state index is 0.0141. The molecule has 1 aliphatic heterocycles. The lowest BCUT2D eigenvalue weighted by Crippen LogP contribution is -2.58. The first kappa shape index (κ1) is 11.4. The lowest BCUT2D eigenvalue weighted by atomic mass is 9.73. The number of halogens is 2. The van der Waals surface area contributed by atoms with Gasteiger partial charge in [0.25, 0.3) is 0 Å². The molecule has 3 N–H and O–H groups in total. The van der Waals surface area contributed by atoms with Gasteiger partial charge in [0.2, 0.25) is 0 Å². The maximum Gasteiger partial charge on any atom is 0.130 e. The number of hydrogen-bond acceptors (Lipinski definition) is 3. The Hall–Kier alpha value is -1.04. The van der Waals surface area contributed by atoms with Crippen molar-refractivity contribution in [1.82, 2.24) is 0 Å². The summed E-state index contributed by atoms with van der Waals surface area (Å²) >= 11 is 0. The number of hydrogen-bond donors (Lipinski definition) is 2. The van der Waals surface area contributed by atoms with Crippen LogP contribution in [0.3, 0.4) is 0 Å². The summed E-state index contributed by atoms with van der Waals surface area (Å²) < 4.78 is 31.4. The van der Waals surface area contributed by atoms with Crippen LogP contribution in [-0.2, 0) is 10.2 Å². The number of aliphatic hydroxyl groups is 1. The maximum atomic E-state index is 13.6. The summed E-state index contributed by atoms with van der Waals surface area (Å²) in [6.07, 6.45) is -0.888. The van der Waals surface area contributed by atoms with Crippen molar-refractivity contribution in [1.29, 1.82) is 0 Å². The third kappa shape index (κ3) is 1.61. The van der Waals surface area contributed by atoms with Crippen LogP contribution in [0.5, 0.6) is 0 Å². The molecule has 88 valence electrons. The smallest absolute Gasteiger partial charge is 0.130 e. The van der Waals surface area contributed by atoms with Crippen molar-refractivity contribution in [2.75, 3.05) is 19.8 Å². The van der Waals surface area contributed by atoms with E-state index in [-0.39, 0.29) is 25.3 Å². The van der Waals surface area contributed by atoms with Crippen molar-refractivity contribution in [3.8, 4) is 0 Å². The molecule has 2 rings (SSSR count). The second kappa shape index (κ2) is 4.08. The number of ether oxygens (including phenoxy) is 1. The second-order valence-electron chi connectivity index (χ2n) is 4.02. The van der Waals surface area contributed by atoms with E-state index in [4.69, 9.17) is 10.5 Å². The van der Waals surface area contributed by atoms with Crippen molar-refractivity contribution < 1.29 is 18.6 Å². The van der Waals surface area contributed by atoms with Crippen molar-refractivity contribution in [2.24, 2.45) is 5.73 Å².